The number of nitrogens with one attached hydrogen (secondary N) is 1. The third-order valence-electron chi connectivity index (χ3n) is 3.94. The number of aromatic nitrogens is 1. The van der Waals surface area contributed by atoms with Crippen molar-refractivity contribution in [2.24, 2.45) is 7.05 Å². The molecule has 136 valence electrons. The van der Waals surface area contributed by atoms with E-state index in [-0.39, 0.29) is 17.2 Å². The fraction of sp³-hybridized carbons (Fsp3) is 0.353. The zero-order valence-electron chi connectivity index (χ0n) is 14.9. The monoisotopic (exact) mass is 366 g/mol. The van der Waals surface area contributed by atoms with Gasteiger partial charge in [-0.25, -0.2) is 13.2 Å². The van der Waals surface area contributed by atoms with E-state index in [1.54, 1.807) is 52.1 Å². The van der Waals surface area contributed by atoms with Gasteiger partial charge in [0.05, 0.1) is 13.7 Å². The Bertz CT molecular complexity index is 883. The lowest BCUT2D eigenvalue weighted by atomic mass is 10.2. The number of ether oxygens (including phenoxy) is 2. The van der Waals surface area contributed by atoms with Crippen molar-refractivity contribution in [2.75, 3.05) is 18.4 Å². The van der Waals surface area contributed by atoms with Gasteiger partial charge < -0.3 is 14.0 Å². The lowest BCUT2D eigenvalue weighted by Gasteiger charge is -2.10. The third kappa shape index (κ3) is 3.63. The van der Waals surface area contributed by atoms with Crippen LogP contribution < -0.4 is 9.46 Å². The molecule has 1 aromatic heterocycles. The Morgan fingerprint density at radius 1 is 1.20 bits per heavy atom. The molecule has 0 aliphatic rings. The van der Waals surface area contributed by atoms with Crippen molar-refractivity contribution in [3.8, 4) is 5.75 Å². The molecule has 0 aliphatic carbocycles. The molecule has 0 radical (unpaired) electrons. The number of esters is 1. The molecule has 25 heavy (non-hydrogen) atoms. The van der Waals surface area contributed by atoms with Crippen LogP contribution >= 0.6 is 0 Å². The highest BCUT2D eigenvalue weighted by molar-refractivity contribution is 7.92. The zero-order valence-corrected chi connectivity index (χ0v) is 15.7. The maximum absolute atomic E-state index is 12.8. The minimum Gasteiger partial charge on any atom is -0.497 e. The summed E-state index contributed by atoms with van der Waals surface area (Å²) in [6.07, 6.45) is 0. The average Bonchev–Trinajstić information content (AvgIpc) is 2.78. The van der Waals surface area contributed by atoms with Gasteiger partial charge in [0, 0.05) is 24.0 Å². The molecule has 0 amide bonds. The molecule has 2 rings (SSSR count). The minimum atomic E-state index is -3.86. The van der Waals surface area contributed by atoms with Gasteiger partial charge in [0.15, 0.2) is 0 Å². The molecule has 0 unspecified atom stereocenters. The Hall–Kier alpha value is -2.48. The van der Waals surface area contributed by atoms with Crippen LogP contribution in [0.2, 0.25) is 0 Å². The third-order valence-corrected chi connectivity index (χ3v) is 5.59. The minimum absolute atomic E-state index is 0.0777. The smallest absolute Gasteiger partial charge is 0.355 e. The van der Waals surface area contributed by atoms with Gasteiger partial charge in [-0.15, -0.1) is 0 Å². The van der Waals surface area contributed by atoms with Crippen LogP contribution in [0.1, 0.15) is 28.7 Å². The molecule has 0 spiro atoms. The fourth-order valence-electron chi connectivity index (χ4n) is 2.70. The Labute approximate surface area is 147 Å². The van der Waals surface area contributed by atoms with Crippen LogP contribution in [0.25, 0.3) is 0 Å². The summed E-state index contributed by atoms with van der Waals surface area (Å²) in [4.78, 5) is 12.2. The van der Waals surface area contributed by atoms with Gasteiger partial charge in [-0.2, -0.15) is 0 Å². The van der Waals surface area contributed by atoms with Crippen molar-refractivity contribution in [1.82, 2.24) is 4.57 Å². The molecule has 1 heterocycles. The number of hydrogen-bond acceptors (Lipinski definition) is 5. The number of hydrogen-bond donors (Lipinski definition) is 1. The number of rotatable bonds is 6. The highest BCUT2D eigenvalue weighted by Gasteiger charge is 2.29. The Morgan fingerprint density at radius 3 is 2.32 bits per heavy atom. The fourth-order valence-corrected chi connectivity index (χ4v) is 4.28. The molecular formula is C17H22N2O5S. The molecule has 0 saturated heterocycles. The number of methoxy groups -OCH3 is 1. The lowest BCUT2D eigenvalue weighted by Crippen LogP contribution is -2.15. The summed E-state index contributed by atoms with van der Waals surface area (Å²) in [5.74, 6) is 0.0797. The van der Waals surface area contributed by atoms with Gasteiger partial charge in [0.2, 0.25) is 0 Å². The number of carbonyl (C=O) groups is 1. The topological polar surface area (TPSA) is 86.6 Å². The highest BCUT2D eigenvalue weighted by atomic mass is 32.2. The molecule has 0 aliphatic heterocycles. The van der Waals surface area contributed by atoms with Crippen LogP contribution in [0, 0.1) is 13.8 Å². The van der Waals surface area contributed by atoms with Gasteiger partial charge in [0.1, 0.15) is 16.3 Å². The summed E-state index contributed by atoms with van der Waals surface area (Å²) < 4.78 is 39.8. The van der Waals surface area contributed by atoms with E-state index in [9.17, 15) is 13.2 Å². The van der Waals surface area contributed by atoms with Crippen LogP contribution in [-0.2, 0) is 21.8 Å². The predicted molar refractivity (Wildman–Crippen MR) is 94.6 cm³/mol. The van der Waals surface area contributed by atoms with Crippen molar-refractivity contribution in [3.05, 3.63) is 41.2 Å². The van der Waals surface area contributed by atoms with E-state index in [0.29, 0.717) is 22.7 Å². The van der Waals surface area contributed by atoms with Crippen LogP contribution in [-0.4, -0.2) is 32.7 Å². The number of sulfonamides is 1. The Kier molecular flexibility index (Phi) is 5.42. The second-order valence-electron chi connectivity index (χ2n) is 5.50. The van der Waals surface area contributed by atoms with Gasteiger partial charge in [-0.1, -0.05) is 0 Å². The summed E-state index contributed by atoms with van der Waals surface area (Å²) in [5.41, 5.74) is 1.46. The summed E-state index contributed by atoms with van der Waals surface area (Å²) in [6.45, 7) is 5.17. The first kappa shape index (κ1) is 18.9. The maximum atomic E-state index is 12.8. The standard InChI is InChI=1S/C17H22N2O5S/c1-6-24-17(20)15-11(2)16(12(3)19(15)4)25(21,22)18-13-7-9-14(23-5)10-8-13/h7-10,18H,6H2,1-5H3. The van der Waals surface area contributed by atoms with Crippen molar-refractivity contribution in [3.63, 3.8) is 0 Å². The van der Waals surface area contributed by atoms with E-state index < -0.39 is 16.0 Å². The second kappa shape index (κ2) is 7.18. The zero-order chi connectivity index (χ0) is 18.8. The normalized spacial score (nSPS) is 11.2. The largest absolute Gasteiger partial charge is 0.497 e. The van der Waals surface area contributed by atoms with Gasteiger partial charge >= 0.3 is 5.97 Å². The summed E-state index contributed by atoms with van der Waals surface area (Å²) in [5, 5.41) is 0. The van der Waals surface area contributed by atoms with Crippen LogP contribution in [0.4, 0.5) is 5.69 Å². The molecule has 1 aromatic carbocycles. The van der Waals surface area contributed by atoms with E-state index >= 15 is 0 Å². The van der Waals surface area contributed by atoms with E-state index in [1.807, 2.05) is 0 Å². The Morgan fingerprint density at radius 2 is 1.80 bits per heavy atom. The molecule has 0 fully saturated rings. The summed E-state index contributed by atoms with van der Waals surface area (Å²) >= 11 is 0. The molecule has 1 N–H and O–H groups in total. The summed E-state index contributed by atoms with van der Waals surface area (Å²) in [7, 11) is -0.689. The number of carbonyl (C=O) groups excluding carboxylic acids is 1. The van der Waals surface area contributed by atoms with E-state index in [4.69, 9.17) is 9.47 Å². The SMILES string of the molecule is CCOC(=O)c1c(C)c(S(=O)(=O)Nc2ccc(OC)cc2)c(C)n1C. The number of nitrogens with zero attached hydrogens (tertiary/aromatic N) is 1. The molecule has 2 aromatic rings. The van der Waals surface area contributed by atoms with E-state index in [0.717, 1.165) is 0 Å². The molecule has 8 heteroatoms. The van der Waals surface area contributed by atoms with Crippen molar-refractivity contribution in [1.29, 1.82) is 0 Å². The van der Waals surface area contributed by atoms with E-state index in [1.165, 1.54) is 11.7 Å². The molecular weight excluding hydrogens is 344 g/mol. The lowest BCUT2D eigenvalue weighted by molar-refractivity contribution is 0.0514. The predicted octanol–water partition coefficient (Wildman–Crippen LogP) is 2.63. The first-order valence-electron chi connectivity index (χ1n) is 7.72. The summed E-state index contributed by atoms with van der Waals surface area (Å²) in [6, 6.07) is 6.53. The number of anilines is 1. The van der Waals surface area contributed by atoms with Gasteiger partial charge in [-0.05, 0) is 45.0 Å². The van der Waals surface area contributed by atoms with Crippen molar-refractivity contribution >= 4 is 21.7 Å². The van der Waals surface area contributed by atoms with Crippen molar-refractivity contribution in [2.45, 2.75) is 25.7 Å². The quantitative estimate of drug-likeness (QED) is 0.794. The van der Waals surface area contributed by atoms with Gasteiger partial charge in [-0.3, -0.25) is 4.72 Å². The van der Waals surface area contributed by atoms with Crippen LogP contribution in [0.15, 0.2) is 29.2 Å². The van der Waals surface area contributed by atoms with Crippen LogP contribution in [0.5, 0.6) is 5.75 Å². The first-order chi connectivity index (χ1) is 11.7. The highest BCUT2D eigenvalue weighted by Crippen LogP contribution is 2.28. The average molecular weight is 366 g/mol. The van der Waals surface area contributed by atoms with Crippen molar-refractivity contribution < 1.29 is 22.7 Å². The molecule has 7 nitrogen and oxygen atoms in total. The molecule has 0 bridgehead atoms. The second-order valence-corrected chi connectivity index (χ2v) is 7.12. The Balaban J connectivity index is 2.45. The first-order valence-corrected chi connectivity index (χ1v) is 9.21. The van der Waals surface area contributed by atoms with Gasteiger partial charge in [0.25, 0.3) is 10.0 Å². The van der Waals surface area contributed by atoms with Crippen LogP contribution in [0.3, 0.4) is 0 Å². The molecule has 0 saturated carbocycles. The molecule has 0 atom stereocenters. The van der Waals surface area contributed by atoms with E-state index in [2.05, 4.69) is 4.72 Å². The number of benzene rings is 1. The maximum Gasteiger partial charge on any atom is 0.355 e.